The van der Waals surface area contributed by atoms with Crippen LogP contribution in [0.4, 0.5) is 11.4 Å². The lowest BCUT2D eigenvalue weighted by Gasteiger charge is -2.24. The molecule has 0 saturated carbocycles. The van der Waals surface area contributed by atoms with Crippen LogP contribution in [0.5, 0.6) is 0 Å². The summed E-state index contributed by atoms with van der Waals surface area (Å²) in [6.45, 7) is 5.57. The number of primary amides is 1. The first-order valence-electron chi connectivity index (χ1n) is 7.04. The van der Waals surface area contributed by atoms with Crippen LogP contribution in [0.15, 0.2) is 24.3 Å². The fourth-order valence-corrected chi connectivity index (χ4v) is 1.93. The predicted octanol–water partition coefficient (Wildman–Crippen LogP) is 0.779. The third-order valence-corrected chi connectivity index (χ3v) is 3.20. The van der Waals surface area contributed by atoms with Gasteiger partial charge in [-0.25, -0.2) is 0 Å². The summed E-state index contributed by atoms with van der Waals surface area (Å²) < 4.78 is 0. The maximum Gasteiger partial charge on any atom is 0.238 e. The van der Waals surface area contributed by atoms with Gasteiger partial charge in [-0.05, 0) is 37.7 Å². The van der Waals surface area contributed by atoms with E-state index in [2.05, 4.69) is 10.6 Å². The summed E-state index contributed by atoms with van der Waals surface area (Å²) in [5.74, 6) is -0.854. The van der Waals surface area contributed by atoms with Crippen LogP contribution in [0.3, 0.4) is 0 Å². The molecule has 22 heavy (non-hydrogen) atoms. The second kappa shape index (κ2) is 8.14. The molecule has 0 spiro atoms. The van der Waals surface area contributed by atoms with Crippen LogP contribution < -0.4 is 16.4 Å². The Morgan fingerprint density at radius 2 is 1.64 bits per heavy atom. The largest absolute Gasteiger partial charge is 0.368 e. The van der Waals surface area contributed by atoms with Gasteiger partial charge >= 0.3 is 0 Å². The monoisotopic (exact) mass is 306 g/mol. The third-order valence-electron chi connectivity index (χ3n) is 3.20. The Labute approximate surface area is 129 Å². The molecular weight excluding hydrogens is 284 g/mol. The van der Waals surface area contributed by atoms with Crippen LogP contribution in [0.25, 0.3) is 0 Å². The van der Waals surface area contributed by atoms with Gasteiger partial charge in [0.05, 0.1) is 12.6 Å². The van der Waals surface area contributed by atoms with Crippen LogP contribution in [0, 0.1) is 0 Å². The Morgan fingerprint density at radius 3 is 2.05 bits per heavy atom. The molecule has 1 aromatic carbocycles. The number of hydrogen-bond acceptors (Lipinski definition) is 4. The first-order chi connectivity index (χ1) is 10.3. The minimum absolute atomic E-state index is 0.0774. The number of hydrogen-bond donors (Lipinski definition) is 3. The lowest BCUT2D eigenvalue weighted by molar-refractivity contribution is -0.124. The van der Waals surface area contributed by atoms with Crippen molar-refractivity contribution in [2.45, 2.75) is 26.8 Å². The van der Waals surface area contributed by atoms with E-state index in [0.29, 0.717) is 17.9 Å². The Hall–Kier alpha value is -2.41. The Balaban J connectivity index is 2.60. The molecule has 3 amide bonds. The highest BCUT2D eigenvalue weighted by Crippen LogP contribution is 2.13. The lowest BCUT2D eigenvalue weighted by atomic mass is 10.2. The van der Waals surface area contributed by atoms with Crippen LogP contribution in [-0.2, 0) is 14.4 Å². The molecule has 0 aliphatic carbocycles. The molecule has 0 unspecified atom stereocenters. The van der Waals surface area contributed by atoms with E-state index in [-0.39, 0.29) is 18.4 Å². The number of carbonyl (C=O) groups excluding carboxylic acids is 3. The molecule has 0 aliphatic heterocycles. The first kappa shape index (κ1) is 17.6. The van der Waals surface area contributed by atoms with Crippen molar-refractivity contribution in [1.29, 1.82) is 0 Å². The molecule has 0 saturated heterocycles. The highest BCUT2D eigenvalue weighted by atomic mass is 16.2. The van der Waals surface area contributed by atoms with Gasteiger partial charge in [0.25, 0.3) is 0 Å². The van der Waals surface area contributed by atoms with E-state index in [9.17, 15) is 14.4 Å². The molecule has 0 radical (unpaired) electrons. The molecule has 7 nitrogen and oxygen atoms in total. The van der Waals surface area contributed by atoms with E-state index >= 15 is 0 Å². The molecule has 0 bridgehead atoms. The van der Waals surface area contributed by atoms with E-state index < -0.39 is 11.9 Å². The van der Waals surface area contributed by atoms with Gasteiger partial charge < -0.3 is 16.4 Å². The maximum absolute atomic E-state index is 12.0. The highest BCUT2D eigenvalue weighted by Gasteiger charge is 2.19. The second-order valence-corrected chi connectivity index (χ2v) is 4.95. The quantitative estimate of drug-likeness (QED) is 0.692. The van der Waals surface area contributed by atoms with Crippen molar-refractivity contribution in [1.82, 2.24) is 4.90 Å². The standard InChI is InChI=1S/C15H22N4O3/c1-4-19(10(2)15(16)22)9-14(21)18-13-7-5-12(6-8-13)17-11(3)20/h5-8,10H,4,9H2,1-3H3,(H2,16,22)(H,17,20)(H,18,21)/t10-/m1/s1. The first-order valence-corrected chi connectivity index (χ1v) is 7.04. The van der Waals surface area contributed by atoms with Crippen molar-refractivity contribution in [2.75, 3.05) is 23.7 Å². The second-order valence-electron chi connectivity index (χ2n) is 4.95. The van der Waals surface area contributed by atoms with Crippen molar-refractivity contribution in [2.24, 2.45) is 5.73 Å². The summed E-state index contributed by atoms with van der Waals surface area (Å²) in [4.78, 5) is 35.8. The minimum atomic E-state index is -0.502. The number of amides is 3. The van der Waals surface area contributed by atoms with Gasteiger partial charge in [-0.3, -0.25) is 19.3 Å². The van der Waals surface area contributed by atoms with Gasteiger partial charge in [0.2, 0.25) is 17.7 Å². The van der Waals surface area contributed by atoms with Gasteiger partial charge in [-0.15, -0.1) is 0 Å². The Morgan fingerprint density at radius 1 is 1.14 bits per heavy atom. The molecular formula is C15H22N4O3. The van der Waals surface area contributed by atoms with Crippen LogP contribution in [0.1, 0.15) is 20.8 Å². The lowest BCUT2D eigenvalue weighted by Crippen LogP contribution is -2.46. The van der Waals surface area contributed by atoms with Crippen molar-refractivity contribution >= 4 is 29.1 Å². The van der Waals surface area contributed by atoms with Crippen molar-refractivity contribution in [3.05, 3.63) is 24.3 Å². The average Bonchev–Trinajstić information content (AvgIpc) is 2.45. The van der Waals surface area contributed by atoms with E-state index in [1.54, 1.807) is 36.1 Å². The summed E-state index contributed by atoms with van der Waals surface area (Å²) in [6.07, 6.45) is 0. The minimum Gasteiger partial charge on any atom is -0.368 e. The summed E-state index contributed by atoms with van der Waals surface area (Å²) in [5, 5.41) is 5.38. The molecule has 0 aromatic heterocycles. The molecule has 120 valence electrons. The number of nitrogens with two attached hydrogens (primary N) is 1. The summed E-state index contributed by atoms with van der Waals surface area (Å²) >= 11 is 0. The van der Waals surface area contributed by atoms with Crippen LogP contribution in [0.2, 0.25) is 0 Å². The number of nitrogens with zero attached hydrogens (tertiary/aromatic N) is 1. The zero-order valence-electron chi connectivity index (χ0n) is 13.1. The van der Waals surface area contributed by atoms with Crippen molar-refractivity contribution < 1.29 is 14.4 Å². The number of anilines is 2. The van der Waals surface area contributed by atoms with E-state index in [0.717, 1.165) is 0 Å². The summed E-state index contributed by atoms with van der Waals surface area (Å²) in [6, 6.07) is 6.27. The van der Waals surface area contributed by atoms with E-state index in [4.69, 9.17) is 5.73 Å². The van der Waals surface area contributed by atoms with Gasteiger partial charge in [-0.1, -0.05) is 6.92 Å². The van der Waals surface area contributed by atoms with Crippen LogP contribution in [-0.4, -0.2) is 41.8 Å². The number of rotatable bonds is 7. The van der Waals surface area contributed by atoms with Gasteiger partial charge in [0.1, 0.15) is 0 Å². The number of benzene rings is 1. The molecule has 1 rings (SSSR count). The zero-order chi connectivity index (χ0) is 16.7. The molecule has 0 fully saturated rings. The molecule has 7 heteroatoms. The average molecular weight is 306 g/mol. The summed E-state index contributed by atoms with van der Waals surface area (Å²) in [5.41, 5.74) is 6.52. The molecule has 4 N–H and O–H groups in total. The predicted molar refractivity (Wildman–Crippen MR) is 85.3 cm³/mol. The fourth-order valence-electron chi connectivity index (χ4n) is 1.93. The van der Waals surface area contributed by atoms with Gasteiger partial charge in [0, 0.05) is 18.3 Å². The van der Waals surface area contributed by atoms with E-state index in [1.807, 2.05) is 6.92 Å². The molecule has 1 aromatic rings. The maximum atomic E-state index is 12.0. The van der Waals surface area contributed by atoms with Gasteiger partial charge in [0.15, 0.2) is 0 Å². The Kier molecular flexibility index (Phi) is 6.52. The van der Waals surface area contributed by atoms with Crippen molar-refractivity contribution in [3.8, 4) is 0 Å². The SMILES string of the molecule is CCN(CC(=O)Nc1ccc(NC(C)=O)cc1)[C@H](C)C(N)=O. The molecule has 0 aliphatic rings. The molecule has 0 heterocycles. The van der Waals surface area contributed by atoms with Gasteiger partial charge in [-0.2, -0.15) is 0 Å². The highest BCUT2D eigenvalue weighted by molar-refractivity contribution is 5.93. The smallest absolute Gasteiger partial charge is 0.238 e. The number of likely N-dealkylation sites (N-methyl/N-ethyl adjacent to an activating group) is 1. The third kappa shape index (κ3) is 5.53. The Bertz CT molecular complexity index is 542. The zero-order valence-corrected chi connectivity index (χ0v) is 13.1. The normalized spacial score (nSPS) is 11.8. The summed E-state index contributed by atoms with van der Waals surface area (Å²) in [7, 11) is 0. The topological polar surface area (TPSA) is 105 Å². The number of carbonyl (C=O) groups is 3. The molecule has 1 atom stereocenters. The fraction of sp³-hybridized carbons (Fsp3) is 0.400. The van der Waals surface area contributed by atoms with E-state index in [1.165, 1.54) is 6.92 Å². The number of nitrogens with one attached hydrogen (secondary N) is 2. The van der Waals surface area contributed by atoms with Crippen LogP contribution >= 0.6 is 0 Å². The van der Waals surface area contributed by atoms with Crippen molar-refractivity contribution in [3.63, 3.8) is 0 Å².